The fourth-order valence-electron chi connectivity index (χ4n) is 2.76. The zero-order valence-electron chi connectivity index (χ0n) is 15.9. The second kappa shape index (κ2) is 8.82. The minimum atomic E-state index is -0.494. The van der Waals surface area contributed by atoms with Gasteiger partial charge in [0.1, 0.15) is 12.3 Å². The molecule has 2 N–H and O–H groups in total. The molecule has 0 aliphatic heterocycles. The smallest absolute Gasteiger partial charge is 0.276 e. The number of nitrogens with one attached hydrogen (secondary N) is 2. The topological polar surface area (TPSA) is 111 Å². The van der Waals surface area contributed by atoms with Gasteiger partial charge in [-0.15, -0.1) is 10.2 Å². The quantitative estimate of drug-likeness (QED) is 0.475. The Hall–Kier alpha value is -4.27. The molecule has 0 unspecified atom stereocenters. The zero-order valence-corrected chi connectivity index (χ0v) is 15.9. The predicted octanol–water partition coefficient (Wildman–Crippen LogP) is 1.72. The van der Waals surface area contributed by atoms with Crippen LogP contribution in [0.2, 0.25) is 0 Å². The summed E-state index contributed by atoms with van der Waals surface area (Å²) in [5.74, 6) is -0.00856. The van der Waals surface area contributed by atoms with Gasteiger partial charge in [-0.1, -0.05) is 60.7 Å². The highest BCUT2D eigenvalue weighted by Gasteiger charge is 2.10. The maximum atomic E-state index is 12.0. The number of carbonyl (C=O) groups excluding carboxylic acids is 2. The molecule has 4 aromatic rings. The number of rotatable bonds is 6. The fourth-order valence-corrected chi connectivity index (χ4v) is 2.76. The lowest BCUT2D eigenvalue weighted by atomic mass is 10.1. The van der Waals surface area contributed by atoms with E-state index in [0.29, 0.717) is 11.6 Å². The molecule has 30 heavy (non-hydrogen) atoms. The first-order chi connectivity index (χ1) is 14.7. The monoisotopic (exact) mass is 402 g/mol. The van der Waals surface area contributed by atoms with Gasteiger partial charge >= 0.3 is 0 Å². The molecule has 150 valence electrons. The molecule has 1 heterocycles. The average molecular weight is 402 g/mol. The van der Waals surface area contributed by atoms with Gasteiger partial charge in [0.2, 0.25) is 5.82 Å². The van der Waals surface area contributed by atoms with E-state index in [1.165, 1.54) is 0 Å². The molecular weight excluding hydrogens is 384 g/mol. The number of amides is 2. The van der Waals surface area contributed by atoms with Crippen LogP contribution in [0.15, 0.2) is 72.8 Å². The van der Waals surface area contributed by atoms with Crippen LogP contribution in [0.1, 0.15) is 0 Å². The SMILES string of the molecule is O=C(COc1ccc2ccccc2c1)NNC(=O)Cn1nnc(-c2ccccc2)n1. The lowest BCUT2D eigenvalue weighted by molar-refractivity contribution is -0.130. The minimum Gasteiger partial charge on any atom is -0.484 e. The van der Waals surface area contributed by atoms with E-state index in [0.717, 1.165) is 21.1 Å². The first kappa shape index (κ1) is 19.1. The van der Waals surface area contributed by atoms with Gasteiger partial charge in [0, 0.05) is 5.56 Å². The summed E-state index contributed by atoms with van der Waals surface area (Å²) in [6.07, 6.45) is 0. The van der Waals surface area contributed by atoms with Crippen LogP contribution < -0.4 is 15.6 Å². The van der Waals surface area contributed by atoms with Gasteiger partial charge in [0.25, 0.3) is 11.8 Å². The highest BCUT2D eigenvalue weighted by Crippen LogP contribution is 2.20. The Bertz CT molecular complexity index is 1180. The van der Waals surface area contributed by atoms with Crippen LogP contribution in [-0.4, -0.2) is 38.6 Å². The van der Waals surface area contributed by atoms with Crippen LogP contribution in [0.25, 0.3) is 22.2 Å². The Labute approximate surface area is 171 Å². The van der Waals surface area contributed by atoms with E-state index in [1.54, 1.807) is 6.07 Å². The summed E-state index contributed by atoms with van der Waals surface area (Å²) >= 11 is 0. The molecule has 0 bridgehead atoms. The van der Waals surface area contributed by atoms with Crippen molar-refractivity contribution in [2.24, 2.45) is 0 Å². The van der Waals surface area contributed by atoms with Crippen LogP contribution in [0.4, 0.5) is 0 Å². The van der Waals surface area contributed by atoms with Crippen molar-refractivity contribution in [3.63, 3.8) is 0 Å². The molecular formula is C21H18N6O3. The number of benzene rings is 3. The molecule has 3 aromatic carbocycles. The number of hydrazine groups is 1. The van der Waals surface area contributed by atoms with Crippen LogP contribution in [0.5, 0.6) is 5.75 Å². The number of ether oxygens (including phenoxy) is 1. The van der Waals surface area contributed by atoms with E-state index in [1.807, 2.05) is 66.7 Å². The third kappa shape index (κ3) is 4.76. The first-order valence-electron chi connectivity index (χ1n) is 9.20. The maximum absolute atomic E-state index is 12.0. The van der Waals surface area contributed by atoms with E-state index in [4.69, 9.17) is 4.74 Å². The maximum Gasteiger partial charge on any atom is 0.276 e. The van der Waals surface area contributed by atoms with Crippen molar-refractivity contribution < 1.29 is 14.3 Å². The number of tetrazole rings is 1. The summed E-state index contributed by atoms with van der Waals surface area (Å²) < 4.78 is 5.48. The summed E-state index contributed by atoms with van der Waals surface area (Å²) in [4.78, 5) is 25.1. The molecule has 0 aliphatic carbocycles. The van der Waals surface area contributed by atoms with Crippen molar-refractivity contribution in [1.29, 1.82) is 0 Å². The average Bonchev–Trinajstić information content (AvgIpc) is 3.25. The zero-order chi connectivity index (χ0) is 20.8. The van der Waals surface area contributed by atoms with E-state index >= 15 is 0 Å². The van der Waals surface area contributed by atoms with Crippen molar-refractivity contribution in [3.05, 3.63) is 72.8 Å². The van der Waals surface area contributed by atoms with E-state index < -0.39 is 11.8 Å². The Balaban J connectivity index is 1.23. The lowest BCUT2D eigenvalue weighted by Crippen LogP contribution is -2.45. The normalized spacial score (nSPS) is 10.5. The Morgan fingerprint density at radius 2 is 1.60 bits per heavy atom. The number of carbonyl (C=O) groups is 2. The largest absolute Gasteiger partial charge is 0.484 e. The number of hydrogen-bond acceptors (Lipinski definition) is 6. The molecule has 0 fully saturated rings. The van der Waals surface area contributed by atoms with Crippen molar-refractivity contribution in [3.8, 4) is 17.1 Å². The van der Waals surface area contributed by atoms with Gasteiger partial charge in [0.15, 0.2) is 6.61 Å². The molecule has 9 nitrogen and oxygen atoms in total. The highest BCUT2D eigenvalue weighted by molar-refractivity contribution is 5.84. The Morgan fingerprint density at radius 3 is 2.43 bits per heavy atom. The number of hydrogen-bond donors (Lipinski definition) is 2. The van der Waals surface area contributed by atoms with Gasteiger partial charge < -0.3 is 4.74 Å². The Morgan fingerprint density at radius 1 is 0.867 bits per heavy atom. The van der Waals surface area contributed by atoms with Gasteiger partial charge in [-0.3, -0.25) is 20.4 Å². The van der Waals surface area contributed by atoms with Gasteiger partial charge in [0.05, 0.1) is 0 Å². The van der Waals surface area contributed by atoms with Crippen LogP contribution in [0, 0.1) is 0 Å². The first-order valence-corrected chi connectivity index (χ1v) is 9.20. The van der Waals surface area contributed by atoms with Crippen molar-refractivity contribution in [2.45, 2.75) is 6.54 Å². The van der Waals surface area contributed by atoms with Gasteiger partial charge in [-0.05, 0) is 28.1 Å². The summed E-state index contributed by atoms with van der Waals surface area (Å²) in [7, 11) is 0. The Kier molecular flexibility index (Phi) is 5.61. The molecule has 0 saturated carbocycles. The predicted molar refractivity (Wildman–Crippen MR) is 109 cm³/mol. The summed E-state index contributed by atoms with van der Waals surface area (Å²) in [5, 5.41) is 14.0. The van der Waals surface area contributed by atoms with Crippen LogP contribution in [0.3, 0.4) is 0 Å². The highest BCUT2D eigenvalue weighted by atomic mass is 16.5. The standard InChI is InChI=1S/C21H18N6O3/c28-19(13-27-25-21(24-26-27)16-7-2-1-3-8-16)22-23-20(29)14-30-18-11-10-15-6-4-5-9-17(15)12-18/h1-12H,13-14H2,(H,22,28)(H,23,29). The molecule has 9 heteroatoms. The van der Waals surface area contributed by atoms with Crippen molar-refractivity contribution in [2.75, 3.05) is 6.61 Å². The van der Waals surface area contributed by atoms with Gasteiger partial charge in [-0.2, -0.15) is 4.80 Å². The third-order valence-electron chi connectivity index (χ3n) is 4.20. The second-order valence-electron chi connectivity index (χ2n) is 6.40. The molecule has 0 atom stereocenters. The fraction of sp³-hybridized carbons (Fsp3) is 0.0952. The van der Waals surface area contributed by atoms with E-state index in [-0.39, 0.29) is 13.2 Å². The molecule has 0 aliphatic rings. The molecule has 0 spiro atoms. The molecule has 2 amide bonds. The molecule has 4 rings (SSSR count). The van der Waals surface area contributed by atoms with E-state index in [2.05, 4.69) is 26.3 Å². The second-order valence-corrected chi connectivity index (χ2v) is 6.40. The summed E-state index contributed by atoms with van der Waals surface area (Å²) in [6.45, 7) is -0.427. The summed E-state index contributed by atoms with van der Waals surface area (Å²) in [5.41, 5.74) is 5.39. The number of fused-ring (bicyclic) bond motifs is 1. The third-order valence-corrected chi connectivity index (χ3v) is 4.20. The van der Waals surface area contributed by atoms with Crippen LogP contribution >= 0.6 is 0 Å². The molecule has 0 radical (unpaired) electrons. The lowest BCUT2D eigenvalue weighted by Gasteiger charge is -2.09. The van der Waals surface area contributed by atoms with E-state index in [9.17, 15) is 9.59 Å². The summed E-state index contributed by atoms with van der Waals surface area (Å²) in [6, 6.07) is 22.7. The number of nitrogens with zero attached hydrogens (tertiary/aromatic N) is 4. The van der Waals surface area contributed by atoms with Crippen molar-refractivity contribution in [1.82, 2.24) is 31.1 Å². The number of aromatic nitrogens is 4. The van der Waals surface area contributed by atoms with Crippen LogP contribution in [-0.2, 0) is 16.1 Å². The molecule has 0 saturated heterocycles. The molecule has 1 aromatic heterocycles. The minimum absolute atomic E-state index is 0.189. The van der Waals surface area contributed by atoms with Crippen molar-refractivity contribution >= 4 is 22.6 Å². The van der Waals surface area contributed by atoms with Gasteiger partial charge in [-0.25, -0.2) is 0 Å².